The Morgan fingerprint density at radius 3 is 2.63 bits per heavy atom. The maximum absolute atomic E-state index is 11.3. The summed E-state index contributed by atoms with van der Waals surface area (Å²) in [5.74, 6) is -0.100. The molecule has 0 aliphatic heterocycles. The van der Waals surface area contributed by atoms with Crippen molar-refractivity contribution in [2.75, 3.05) is 18.9 Å². The van der Waals surface area contributed by atoms with Crippen molar-refractivity contribution in [3.8, 4) is 0 Å². The number of nitrogen functional groups attached to an aromatic ring is 1. The lowest BCUT2D eigenvalue weighted by Gasteiger charge is -2.12. The molecule has 98 valence electrons. The van der Waals surface area contributed by atoms with Crippen molar-refractivity contribution < 1.29 is 9.90 Å². The van der Waals surface area contributed by atoms with E-state index in [0.717, 1.165) is 5.69 Å². The van der Waals surface area contributed by atoms with E-state index in [0.29, 0.717) is 23.6 Å². The van der Waals surface area contributed by atoms with Crippen molar-refractivity contribution in [3.63, 3.8) is 0 Å². The third kappa shape index (κ3) is 3.53. The molecule has 0 fully saturated rings. The van der Waals surface area contributed by atoms with Crippen molar-refractivity contribution in [2.24, 2.45) is 4.99 Å². The second-order valence-electron chi connectivity index (χ2n) is 4.03. The van der Waals surface area contributed by atoms with Crippen LogP contribution in [0, 0.1) is 0 Å². The number of aliphatic hydroxyl groups is 1. The summed E-state index contributed by atoms with van der Waals surface area (Å²) in [5.41, 5.74) is 8.30. The second-order valence-corrected chi connectivity index (χ2v) is 4.03. The highest BCUT2D eigenvalue weighted by atomic mass is 16.3. The van der Waals surface area contributed by atoms with Crippen LogP contribution in [0.4, 0.5) is 11.4 Å². The van der Waals surface area contributed by atoms with E-state index in [1.165, 1.54) is 12.2 Å². The molecule has 19 heavy (non-hydrogen) atoms. The molecule has 1 aliphatic rings. The predicted molar refractivity (Wildman–Crippen MR) is 75.3 cm³/mol. The number of carbonyl (C=O) groups excluding carboxylic acids is 1. The number of nitrogens with one attached hydrogen (secondary N) is 1. The Labute approximate surface area is 111 Å². The third-order valence-corrected chi connectivity index (χ3v) is 2.54. The monoisotopic (exact) mass is 257 g/mol. The summed E-state index contributed by atoms with van der Waals surface area (Å²) < 4.78 is 0. The summed E-state index contributed by atoms with van der Waals surface area (Å²) in [6.07, 6.45) is 4.57. The minimum absolute atomic E-state index is 0.00953. The molecule has 0 radical (unpaired) electrons. The first-order valence-electron chi connectivity index (χ1n) is 5.92. The van der Waals surface area contributed by atoms with Crippen LogP contribution in [0.1, 0.15) is 0 Å². The topological polar surface area (TPSA) is 87.7 Å². The SMILES string of the molecule is Nc1ccc(N=C2C=CC(=O)C=C2NCCO)cc1. The normalized spacial score (nSPS) is 16.6. The molecule has 0 saturated carbocycles. The van der Waals surface area contributed by atoms with Crippen molar-refractivity contribution in [1.29, 1.82) is 0 Å². The molecule has 0 atom stereocenters. The molecule has 0 unspecified atom stereocenters. The van der Waals surface area contributed by atoms with Crippen LogP contribution in [0.15, 0.2) is 53.2 Å². The Hall–Kier alpha value is -2.40. The second kappa shape index (κ2) is 5.97. The Morgan fingerprint density at radius 2 is 1.95 bits per heavy atom. The van der Waals surface area contributed by atoms with E-state index in [1.54, 1.807) is 30.3 Å². The average Bonchev–Trinajstić information content (AvgIpc) is 2.41. The van der Waals surface area contributed by atoms with E-state index in [2.05, 4.69) is 10.3 Å². The molecule has 0 amide bonds. The van der Waals surface area contributed by atoms with Crippen molar-refractivity contribution in [1.82, 2.24) is 5.32 Å². The zero-order chi connectivity index (χ0) is 13.7. The average molecular weight is 257 g/mol. The minimum Gasteiger partial charge on any atom is -0.399 e. The quantitative estimate of drug-likeness (QED) is 0.553. The van der Waals surface area contributed by atoms with Crippen LogP contribution < -0.4 is 11.1 Å². The van der Waals surface area contributed by atoms with Gasteiger partial charge >= 0.3 is 0 Å². The van der Waals surface area contributed by atoms with E-state index in [9.17, 15) is 4.79 Å². The zero-order valence-corrected chi connectivity index (χ0v) is 10.3. The van der Waals surface area contributed by atoms with Gasteiger partial charge in [-0.3, -0.25) is 4.79 Å². The lowest BCUT2D eigenvalue weighted by Crippen LogP contribution is -2.25. The number of nitrogens with zero attached hydrogens (tertiary/aromatic N) is 1. The van der Waals surface area contributed by atoms with E-state index in [4.69, 9.17) is 10.8 Å². The summed E-state index contributed by atoms with van der Waals surface area (Å²) in [7, 11) is 0. The van der Waals surface area contributed by atoms with Gasteiger partial charge in [-0.1, -0.05) is 0 Å². The summed E-state index contributed by atoms with van der Waals surface area (Å²) >= 11 is 0. The van der Waals surface area contributed by atoms with Crippen LogP contribution in [-0.2, 0) is 4.79 Å². The van der Waals surface area contributed by atoms with E-state index in [-0.39, 0.29) is 12.4 Å². The molecule has 1 aromatic carbocycles. The number of rotatable bonds is 4. The van der Waals surface area contributed by atoms with Crippen molar-refractivity contribution >= 4 is 22.9 Å². The summed E-state index contributed by atoms with van der Waals surface area (Å²) in [6, 6.07) is 7.13. The number of aliphatic hydroxyl groups excluding tert-OH is 1. The Bertz CT molecular complexity index is 557. The number of ketones is 1. The van der Waals surface area contributed by atoms with Crippen LogP contribution in [-0.4, -0.2) is 29.8 Å². The van der Waals surface area contributed by atoms with E-state index < -0.39 is 0 Å². The minimum atomic E-state index is -0.100. The number of allylic oxidation sites excluding steroid dienone is 3. The molecule has 0 saturated heterocycles. The fourth-order valence-corrected chi connectivity index (χ4v) is 1.63. The zero-order valence-electron chi connectivity index (χ0n) is 10.3. The van der Waals surface area contributed by atoms with Crippen LogP contribution >= 0.6 is 0 Å². The number of hydrogen-bond acceptors (Lipinski definition) is 5. The fraction of sp³-hybridized carbons (Fsp3) is 0.143. The van der Waals surface area contributed by atoms with Gasteiger partial charge in [-0.05, 0) is 36.4 Å². The first-order valence-corrected chi connectivity index (χ1v) is 5.92. The van der Waals surface area contributed by atoms with Gasteiger partial charge in [0, 0.05) is 18.3 Å². The molecule has 0 bridgehead atoms. The lowest BCUT2D eigenvalue weighted by atomic mass is 10.1. The van der Waals surface area contributed by atoms with Gasteiger partial charge in [0.2, 0.25) is 0 Å². The molecule has 4 N–H and O–H groups in total. The first-order chi connectivity index (χ1) is 9.19. The highest BCUT2D eigenvalue weighted by molar-refractivity contribution is 6.19. The summed E-state index contributed by atoms with van der Waals surface area (Å²) in [4.78, 5) is 15.8. The van der Waals surface area contributed by atoms with Crippen molar-refractivity contribution in [2.45, 2.75) is 0 Å². The van der Waals surface area contributed by atoms with E-state index >= 15 is 0 Å². The van der Waals surface area contributed by atoms with Gasteiger partial charge in [0.1, 0.15) is 0 Å². The van der Waals surface area contributed by atoms with Crippen LogP contribution in [0.5, 0.6) is 0 Å². The van der Waals surface area contributed by atoms with Gasteiger partial charge in [-0.25, -0.2) is 4.99 Å². The number of hydrogen-bond donors (Lipinski definition) is 3. The van der Waals surface area contributed by atoms with Crippen LogP contribution in [0.2, 0.25) is 0 Å². The van der Waals surface area contributed by atoms with Crippen LogP contribution in [0.25, 0.3) is 0 Å². The molecule has 5 nitrogen and oxygen atoms in total. The molecular formula is C14H15N3O2. The molecular weight excluding hydrogens is 242 g/mol. The van der Waals surface area contributed by atoms with Crippen molar-refractivity contribution in [3.05, 3.63) is 48.2 Å². The van der Waals surface area contributed by atoms with Gasteiger partial charge < -0.3 is 16.2 Å². The molecule has 1 aliphatic carbocycles. The number of benzene rings is 1. The smallest absolute Gasteiger partial charge is 0.180 e. The number of nitrogens with two attached hydrogens (primary N) is 1. The van der Waals surface area contributed by atoms with Gasteiger partial charge in [-0.2, -0.15) is 0 Å². The molecule has 1 aromatic rings. The number of aliphatic imine (C=N–C) groups is 1. The maximum atomic E-state index is 11.3. The van der Waals surface area contributed by atoms with Gasteiger partial charge in [-0.15, -0.1) is 0 Å². The van der Waals surface area contributed by atoms with Crippen LogP contribution in [0.3, 0.4) is 0 Å². The highest BCUT2D eigenvalue weighted by Crippen LogP contribution is 2.17. The number of anilines is 1. The highest BCUT2D eigenvalue weighted by Gasteiger charge is 2.11. The fourth-order valence-electron chi connectivity index (χ4n) is 1.63. The number of carbonyl (C=O) groups is 1. The molecule has 0 heterocycles. The summed E-state index contributed by atoms with van der Waals surface area (Å²) in [5, 5.41) is 11.8. The maximum Gasteiger partial charge on any atom is 0.180 e. The first kappa shape index (κ1) is 13.0. The van der Waals surface area contributed by atoms with Gasteiger partial charge in [0.15, 0.2) is 5.78 Å². The Kier molecular flexibility index (Phi) is 4.10. The van der Waals surface area contributed by atoms with E-state index in [1.807, 2.05) is 0 Å². The third-order valence-electron chi connectivity index (χ3n) is 2.54. The van der Waals surface area contributed by atoms with Gasteiger partial charge in [0.25, 0.3) is 0 Å². The van der Waals surface area contributed by atoms with Gasteiger partial charge in [0.05, 0.1) is 23.7 Å². The molecule has 2 rings (SSSR count). The molecule has 0 spiro atoms. The molecule has 0 aromatic heterocycles. The predicted octanol–water partition coefficient (Wildman–Crippen LogP) is 0.946. The summed E-state index contributed by atoms with van der Waals surface area (Å²) in [6.45, 7) is 0.359. The Balaban J connectivity index is 2.25. The largest absolute Gasteiger partial charge is 0.399 e. The molecule has 5 heteroatoms. The Morgan fingerprint density at radius 1 is 1.21 bits per heavy atom. The lowest BCUT2D eigenvalue weighted by molar-refractivity contribution is -0.110. The standard InChI is InChI=1S/C14H15N3O2/c15-10-1-3-11(4-2-10)17-13-6-5-12(19)9-14(13)16-7-8-18/h1-6,9,16,18H,7-8,15H2.